The highest BCUT2D eigenvalue weighted by Gasteiger charge is 2.30. The summed E-state index contributed by atoms with van der Waals surface area (Å²) in [5.74, 6) is -0.371. The second-order valence-corrected chi connectivity index (χ2v) is 4.94. The first-order valence-electron chi connectivity index (χ1n) is 6.55. The maximum Gasteiger partial charge on any atom is 0.130 e. The lowest BCUT2D eigenvalue weighted by atomic mass is 10.0. The van der Waals surface area contributed by atoms with Gasteiger partial charge in [-0.2, -0.15) is 0 Å². The van der Waals surface area contributed by atoms with Crippen LogP contribution >= 0.6 is 0 Å². The molecule has 0 aromatic heterocycles. The van der Waals surface area contributed by atoms with Crippen LogP contribution in [-0.2, 0) is 0 Å². The molecule has 2 nitrogen and oxygen atoms in total. The van der Waals surface area contributed by atoms with Gasteiger partial charge in [-0.25, -0.2) is 8.78 Å². The van der Waals surface area contributed by atoms with E-state index in [0.717, 1.165) is 25.9 Å². The van der Waals surface area contributed by atoms with Crippen LogP contribution in [0, 0.1) is 17.6 Å². The van der Waals surface area contributed by atoms with Gasteiger partial charge in [-0.3, -0.25) is 4.90 Å². The molecule has 0 saturated carbocycles. The molecule has 0 spiro atoms. The van der Waals surface area contributed by atoms with Gasteiger partial charge in [0.2, 0.25) is 0 Å². The van der Waals surface area contributed by atoms with Gasteiger partial charge in [0.1, 0.15) is 11.6 Å². The number of rotatable bonds is 4. The van der Waals surface area contributed by atoms with Gasteiger partial charge in [-0.15, -0.1) is 0 Å². The molecule has 2 unspecified atom stereocenters. The van der Waals surface area contributed by atoms with Crippen LogP contribution in [0.15, 0.2) is 18.2 Å². The van der Waals surface area contributed by atoms with Crippen molar-refractivity contribution < 1.29 is 8.78 Å². The van der Waals surface area contributed by atoms with E-state index in [1.54, 1.807) is 0 Å². The Kier molecular flexibility index (Phi) is 4.30. The summed E-state index contributed by atoms with van der Waals surface area (Å²) >= 11 is 0. The van der Waals surface area contributed by atoms with Gasteiger partial charge in [0.15, 0.2) is 0 Å². The zero-order valence-corrected chi connectivity index (χ0v) is 10.7. The van der Waals surface area contributed by atoms with E-state index in [2.05, 4.69) is 11.8 Å². The number of benzene rings is 1. The minimum absolute atomic E-state index is 0.122. The van der Waals surface area contributed by atoms with Crippen molar-refractivity contribution in [3.63, 3.8) is 0 Å². The predicted octanol–water partition coefficient (Wildman–Crippen LogP) is 2.70. The Hall–Kier alpha value is -1.00. The third-order valence-corrected chi connectivity index (χ3v) is 3.89. The fourth-order valence-corrected chi connectivity index (χ4v) is 2.76. The Balaban J connectivity index is 2.23. The minimum Gasteiger partial charge on any atom is -0.329 e. The molecule has 1 aliphatic heterocycles. The predicted molar refractivity (Wildman–Crippen MR) is 68.1 cm³/mol. The molecule has 2 atom stereocenters. The summed E-state index contributed by atoms with van der Waals surface area (Å²) in [5, 5.41) is 0. The highest BCUT2D eigenvalue weighted by atomic mass is 19.1. The molecule has 100 valence electrons. The van der Waals surface area contributed by atoms with Crippen LogP contribution in [0.3, 0.4) is 0 Å². The Morgan fingerprint density at radius 2 is 2.06 bits per heavy atom. The van der Waals surface area contributed by atoms with Crippen molar-refractivity contribution in [3.8, 4) is 0 Å². The average molecular weight is 254 g/mol. The van der Waals surface area contributed by atoms with Gasteiger partial charge in [0.05, 0.1) is 6.04 Å². The molecule has 2 N–H and O–H groups in total. The zero-order valence-electron chi connectivity index (χ0n) is 10.7. The fraction of sp³-hybridized carbons (Fsp3) is 0.571. The third-order valence-electron chi connectivity index (χ3n) is 3.89. The van der Waals surface area contributed by atoms with Crippen LogP contribution in [0.2, 0.25) is 0 Å². The first-order chi connectivity index (χ1) is 8.67. The normalized spacial score (nSPS) is 22.3. The van der Waals surface area contributed by atoms with Gasteiger partial charge in [-0.05, 0) is 31.0 Å². The van der Waals surface area contributed by atoms with Crippen LogP contribution in [-0.4, -0.2) is 24.5 Å². The Morgan fingerprint density at radius 1 is 1.39 bits per heavy atom. The second-order valence-electron chi connectivity index (χ2n) is 4.94. The number of nitrogens with two attached hydrogens (primary N) is 1. The van der Waals surface area contributed by atoms with E-state index in [0.29, 0.717) is 5.92 Å². The van der Waals surface area contributed by atoms with E-state index in [9.17, 15) is 8.78 Å². The molecular weight excluding hydrogens is 234 g/mol. The van der Waals surface area contributed by atoms with E-state index in [1.807, 2.05) is 0 Å². The average Bonchev–Trinajstić information content (AvgIpc) is 2.82. The smallest absolute Gasteiger partial charge is 0.130 e. The zero-order chi connectivity index (χ0) is 13.1. The first kappa shape index (κ1) is 13.4. The molecular formula is C14H20F2N2. The van der Waals surface area contributed by atoms with Crippen molar-refractivity contribution in [1.82, 2.24) is 4.90 Å². The topological polar surface area (TPSA) is 29.3 Å². The molecule has 1 saturated heterocycles. The molecule has 0 bridgehead atoms. The number of halogens is 2. The summed E-state index contributed by atoms with van der Waals surface area (Å²) in [5.41, 5.74) is 5.86. The second kappa shape index (κ2) is 5.76. The van der Waals surface area contributed by atoms with E-state index in [4.69, 9.17) is 5.73 Å². The van der Waals surface area contributed by atoms with Crippen molar-refractivity contribution in [2.24, 2.45) is 11.7 Å². The van der Waals surface area contributed by atoms with Crippen molar-refractivity contribution in [2.75, 3.05) is 19.6 Å². The van der Waals surface area contributed by atoms with Crippen LogP contribution in [0.4, 0.5) is 8.78 Å². The lowest BCUT2D eigenvalue weighted by molar-refractivity contribution is 0.230. The summed E-state index contributed by atoms with van der Waals surface area (Å²) < 4.78 is 27.6. The van der Waals surface area contributed by atoms with E-state index in [-0.39, 0.29) is 18.2 Å². The molecule has 18 heavy (non-hydrogen) atoms. The number of nitrogens with zero attached hydrogens (tertiary/aromatic N) is 1. The summed E-state index contributed by atoms with van der Waals surface area (Å²) in [4.78, 5) is 2.11. The fourth-order valence-electron chi connectivity index (χ4n) is 2.76. The van der Waals surface area contributed by atoms with Crippen LogP contribution in [0.25, 0.3) is 0 Å². The van der Waals surface area contributed by atoms with Gasteiger partial charge in [0, 0.05) is 18.7 Å². The van der Waals surface area contributed by atoms with E-state index in [1.165, 1.54) is 18.2 Å². The maximum absolute atomic E-state index is 13.8. The quantitative estimate of drug-likeness (QED) is 0.895. The van der Waals surface area contributed by atoms with Crippen molar-refractivity contribution >= 4 is 0 Å². The number of hydrogen-bond acceptors (Lipinski definition) is 2. The van der Waals surface area contributed by atoms with Crippen LogP contribution in [0.1, 0.15) is 31.4 Å². The van der Waals surface area contributed by atoms with Crippen LogP contribution < -0.4 is 5.73 Å². The van der Waals surface area contributed by atoms with Crippen LogP contribution in [0.5, 0.6) is 0 Å². The third kappa shape index (κ3) is 2.54. The molecule has 1 heterocycles. The SMILES string of the molecule is CCC1CCN(C(CN)c2c(F)cccc2F)C1. The van der Waals surface area contributed by atoms with Gasteiger partial charge in [-0.1, -0.05) is 19.4 Å². The highest BCUT2D eigenvalue weighted by Crippen LogP contribution is 2.31. The van der Waals surface area contributed by atoms with Gasteiger partial charge < -0.3 is 5.73 Å². The molecule has 1 aromatic rings. The molecule has 1 aliphatic rings. The summed E-state index contributed by atoms with van der Waals surface area (Å²) in [7, 11) is 0. The lowest BCUT2D eigenvalue weighted by Gasteiger charge is -2.27. The van der Waals surface area contributed by atoms with Crippen molar-refractivity contribution in [3.05, 3.63) is 35.4 Å². The van der Waals surface area contributed by atoms with E-state index >= 15 is 0 Å². The van der Waals surface area contributed by atoms with Crippen molar-refractivity contribution in [1.29, 1.82) is 0 Å². The highest BCUT2D eigenvalue weighted by molar-refractivity contribution is 5.24. The standard InChI is InChI=1S/C14H20F2N2/c1-2-10-6-7-18(9-10)13(8-17)14-11(15)4-3-5-12(14)16/h3-5,10,13H,2,6-9,17H2,1H3. The van der Waals surface area contributed by atoms with Crippen molar-refractivity contribution in [2.45, 2.75) is 25.8 Å². The summed E-state index contributed by atoms with van der Waals surface area (Å²) in [6.07, 6.45) is 2.19. The number of hydrogen-bond donors (Lipinski definition) is 1. The molecule has 4 heteroatoms. The lowest BCUT2D eigenvalue weighted by Crippen LogP contribution is -2.33. The van der Waals surface area contributed by atoms with E-state index < -0.39 is 11.6 Å². The summed E-state index contributed by atoms with van der Waals surface area (Å²) in [6.45, 7) is 4.14. The maximum atomic E-state index is 13.8. The Morgan fingerprint density at radius 3 is 2.56 bits per heavy atom. The Labute approximate surface area is 107 Å². The number of likely N-dealkylation sites (tertiary alicyclic amines) is 1. The summed E-state index contributed by atoms with van der Waals surface area (Å²) in [6, 6.07) is 3.64. The molecule has 1 aromatic carbocycles. The first-order valence-corrected chi connectivity index (χ1v) is 6.55. The monoisotopic (exact) mass is 254 g/mol. The molecule has 0 amide bonds. The molecule has 1 fully saturated rings. The molecule has 2 rings (SSSR count). The largest absolute Gasteiger partial charge is 0.329 e. The molecule has 0 radical (unpaired) electrons. The Bertz CT molecular complexity index is 389. The van der Waals surface area contributed by atoms with Gasteiger partial charge >= 0.3 is 0 Å². The minimum atomic E-state index is -0.495. The molecule has 0 aliphatic carbocycles. The van der Waals surface area contributed by atoms with Gasteiger partial charge in [0.25, 0.3) is 0 Å².